The normalized spacial score (nSPS) is 23.4. The van der Waals surface area contributed by atoms with E-state index in [-0.39, 0.29) is 0 Å². The Balaban J connectivity index is 1.49. The molecular weight excluding hydrogens is 328 g/mol. The largest absolute Gasteiger partial charge is 0.364 e. The SMILES string of the molecule is CCNC(=NCC1CCCN(CC)C1)N1CCN(Cc2ccon2)CC1. The summed E-state index contributed by atoms with van der Waals surface area (Å²) in [6.45, 7) is 14.8. The van der Waals surface area contributed by atoms with Gasteiger partial charge in [-0.2, -0.15) is 0 Å². The van der Waals surface area contributed by atoms with Crippen LogP contribution in [0.25, 0.3) is 0 Å². The van der Waals surface area contributed by atoms with Crippen molar-refractivity contribution >= 4 is 5.96 Å². The molecule has 0 aliphatic carbocycles. The summed E-state index contributed by atoms with van der Waals surface area (Å²) in [6.07, 6.45) is 4.27. The molecule has 26 heavy (non-hydrogen) atoms. The number of hydrogen-bond donors (Lipinski definition) is 1. The zero-order valence-electron chi connectivity index (χ0n) is 16.4. The third-order valence-electron chi connectivity index (χ3n) is 5.43. The summed E-state index contributed by atoms with van der Waals surface area (Å²) in [5, 5.41) is 7.51. The molecule has 0 amide bonds. The molecule has 2 aliphatic rings. The van der Waals surface area contributed by atoms with Gasteiger partial charge in [-0.1, -0.05) is 12.1 Å². The van der Waals surface area contributed by atoms with Crippen LogP contribution in [0.1, 0.15) is 32.4 Å². The molecule has 0 bridgehead atoms. The van der Waals surface area contributed by atoms with Crippen molar-refractivity contribution < 1.29 is 4.52 Å². The molecular formula is C19H34N6O. The van der Waals surface area contributed by atoms with E-state index in [4.69, 9.17) is 9.52 Å². The van der Waals surface area contributed by atoms with Crippen LogP contribution in [-0.4, -0.2) is 84.7 Å². The Morgan fingerprint density at radius 3 is 2.77 bits per heavy atom. The van der Waals surface area contributed by atoms with Gasteiger partial charge in [0.15, 0.2) is 5.96 Å². The van der Waals surface area contributed by atoms with Crippen LogP contribution in [0.3, 0.4) is 0 Å². The minimum absolute atomic E-state index is 0.700. The number of nitrogens with one attached hydrogen (secondary N) is 1. The van der Waals surface area contributed by atoms with Crippen LogP contribution in [0, 0.1) is 5.92 Å². The fourth-order valence-corrected chi connectivity index (χ4v) is 3.89. The molecule has 146 valence electrons. The van der Waals surface area contributed by atoms with Crippen molar-refractivity contribution in [3.63, 3.8) is 0 Å². The van der Waals surface area contributed by atoms with Crippen molar-refractivity contribution in [1.29, 1.82) is 0 Å². The number of guanidine groups is 1. The fraction of sp³-hybridized carbons (Fsp3) is 0.789. The van der Waals surface area contributed by atoms with Gasteiger partial charge < -0.3 is 19.6 Å². The first kappa shape index (κ1) is 19.2. The zero-order valence-corrected chi connectivity index (χ0v) is 16.4. The summed E-state index contributed by atoms with van der Waals surface area (Å²) in [4.78, 5) is 12.4. The van der Waals surface area contributed by atoms with Crippen LogP contribution >= 0.6 is 0 Å². The lowest BCUT2D eigenvalue weighted by atomic mass is 9.98. The fourth-order valence-electron chi connectivity index (χ4n) is 3.89. The van der Waals surface area contributed by atoms with Gasteiger partial charge in [0.2, 0.25) is 0 Å². The molecule has 2 aliphatic heterocycles. The minimum Gasteiger partial charge on any atom is -0.364 e. The molecule has 0 saturated carbocycles. The maximum absolute atomic E-state index is 4.99. The molecule has 1 N–H and O–H groups in total. The molecule has 7 nitrogen and oxygen atoms in total. The average Bonchev–Trinajstić information content (AvgIpc) is 3.19. The quantitative estimate of drug-likeness (QED) is 0.611. The molecule has 0 radical (unpaired) electrons. The molecule has 1 unspecified atom stereocenters. The van der Waals surface area contributed by atoms with Gasteiger partial charge in [0.25, 0.3) is 0 Å². The van der Waals surface area contributed by atoms with E-state index in [2.05, 4.69) is 39.0 Å². The first-order chi connectivity index (χ1) is 12.8. The highest BCUT2D eigenvalue weighted by molar-refractivity contribution is 5.80. The first-order valence-electron chi connectivity index (χ1n) is 10.2. The lowest BCUT2D eigenvalue weighted by Crippen LogP contribution is -2.52. The number of hydrogen-bond acceptors (Lipinski definition) is 5. The van der Waals surface area contributed by atoms with E-state index in [0.717, 1.165) is 64.0 Å². The van der Waals surface area contributed by atoms with Gasteiger partial charge in [0.05, 0.1) is 5.69 Å². The van der Waals surface area contributed by atoms with Crippen molar-refractivity contribution in [2.75, 3.05) is 58.9 Å². The van der Waals surface area contributed by atoms with Crippen LogP contribution in [0.15, 0.2) is 21.8 Å². The molecule has 2 fully saturated rings. The van der Waals surface area contributed by atoms with Crippen LogP contribution in [-0.2, 0) is 6.54 Å². The summed E-state index contributed by atoms with van der Waals surface area (Å²) in [5.41, 5.74) is 1.01. The Morgan fingerprint density at radius 2 is 2.08 bits per heavy atom. The number of piperidine rings is 1. The highest BCUT2D eigenvalue weighted by Crippen LogP contribution is 2.16. The number of piperazine rings is 1. The molecule has 3 heterocycles. The summed E-state index contributed by atoms with van der Waals surface area (Å²) >= 11 is 0. The third-order valence-corrected chi connectivity index (χ3v) is 5.43. The molecule has 0 spiro atoms. The Morgan fingerprint density at radius 1 is 1.23 bits per heavy atom. The smallest absolute Gasteiger partial charge is 0.194 e. The van der Waals surface area contributed by atoms with E-state index >= 15 is 0 Å². The van der Waals surface area contributed by atoms with Gasteiger partial charge in [0.1, 0.15) is 6.26 Å². The van der Waals surface area contributed by atoms with E-state index in [1.54, 1.807) is 6.26 Å². The van der Waals surface area contributed by atoms with Crippen LogP contribution in [0.2, 0.25) is 0 Å². The second-order valence-electron chi connectivity index (χ2n) is 7.35. The summed E-state index contributed by atoms with van der Waals surface area (Å²) in [5.74, 6) is 1.79. The van der Waals surface area contributed by atoms with Gasteiger partial charge in [-0.3, -0.25) is 9.89 Å². The average molecular weight is 363 g/mol. The molecule has 3 rings (SSSR count). The number of aromatic nitrogens is 1. The third kappa shape index (κ3) is 5.45. The van der Waals surface area contributed by atoms with E-state index in [9.17, 15) is 0 Å². The Kier molecular flexibility index (Phi) is 7.32. The molecule has 1 aromatic heterocycles. The highest BCUT2D eigenvalue weighted by Gasteiger charge is 2.22. The van der Waals surface area contributed by atoms with Crippen molar-refractivity contribution in [3.05, 3.63) is 18.0 Å². The lowest BCUT2D eigenvalue weighted by Gasteiger charge is -2.36. The molecule has 2 saturated heterocycles. The predicted molar refractivity (Wildman–Crippen MR) is 104 cm³/mol. The number of nitrogens with zero attached hydrogens (tertiary/aromatic N) is 5. The van der Waals surface area contributed by atoms with Crippen molar-refractivity contribution in [2.24, 2.45) is 10.9 Å². The van der Waals surface area contributed by atoms with Gasteiger partial charge >= 0.3 is 0 Å². The molecule has 1 atom stereocenters. The maximum Gasteiger partial charge on any atom is 0.194 e. The van der Waals surface area contributed by atoms with Crippen molar-refractivity contribution in [3.8, 4) is 0 Å². The second-order valence-corrected chi connectivity index (χ2v) is 7.35. The predicted octanol–water partition coefficient (Wildman–Crippen LogP) is 1.49. The van der Waals surface area contributed by atoms with Crippen LogP contribution < -0.4 is 5.32 Å². The zero-order chi connectivity index (χ0) is 18.2. The summed E-state index contributed by atoms with van der Waals surface area (Å²) in [7, 11) is 0. The Hall–Kier alpha value is -1.60. The summed E-state index contributed by atoms with van der Waals surface area (Å²) < 4.78 is 4.93. The molecule has 1 aromatic rings. The summed E-state index contributed by atoms with van der Waals surface area (Å²) in [6, 6.07) is 1.95. The standard InChI is InChI=1S/C19H34N6O/c1-3-20-19(21-14-17-6-5-8-23(4-2)15-17)25-11-9-24(10-12-25)16-18-7-13-26-22-18/h7,13,17H,3-6,8-12,14-16H2,1-2H3,(H,20,21). The van der Waals surface area contributed by atoms with E-state index in [1.807, 2.05) is 6.07 Å². The van der Waals surface area contributed by atoms with E-state index < -0.39 is 0 Å². The minimum atomic E-state index is 0.700. The Labute approximate surface area is 157 Å². The van der Waals surface area contributed by atoms with Gasteiger partial charge in [-0.25, -0.2) is 0 Å². The molecule has 7 heteroatoms. The topological polar surface area (TPSA) is 60.1 Å². The van der Waals surface area contributed by atoms with Gasteiger partial charge in [-0.05, 0) is 38.8 Å². The molecule has 0 aromatic carbocycles. The van der Waals surface area contributed by atoms with Gasteiger partial charge in [0, 0.05) is 58.4 Å². The Bertz CT molecular complexity index is 538. The number of aliphatic imine (C=N–C) groups is 1. The maximum atomic E-state index is 4.99. The second kappa shape index (κ2) is 9.92. The van der Waals surface area contributed by atoms with Crippen molar-refractivity contribution in [2.45, 2.75) is 33.2 Å². The van der Waals surface area contributed by atoms with Crippen molar-refractivity contribution in [1.82, 2.24) is 25.2 Å². The number of likely N-dealkylation sites (tertiary alicyclic amines) is 1. The first-order valence-corrected chi connectivity index (χ1v) is 10.2. The highest BCUT2D eigenvalue weighted by atomic mass is 16.5. The van der Waals surface area contributed by atoms with Gasteiger partial charge in [-0.15, -0.1) is 0 Å². The van der Waals surface area contributed by atoms with Crippen LogP contribution in [0.5, 0.6) is 0 Å². The number of rotatable bonds is 6. The monoisotopic (exact) mass is 362 g/mol. The van der Waals surface area contributed by atoms with E-state index in [0.29, 0.717) is 5.92 Å². The lowest BCUT2D eigenvalue weighted by molar-refractivity contribution is 0.167. The van der Waals surface area contributed by atoms with Crippen LogP contribution in [0.4, 0.5) is 0 Å². The van der Waals surface area contributed by atoms with E-state index in [1.165, 1.54) is 25.9 Å².